The molecule has 2 bridgehead atoms. The minimum Gasteiger partial charge on any atom is -0.481 e. The molecule has 3 unspecified atom stereocenters. The molecule has 3 atom stereocenters. The molecule has 3 fully saturated rings. The maximum absolute atomic E-state index is 15.1. The van der Waals surface area contributed by atoms with Crippen LogP contribution in [0.2, 0.25) is 5.15 Å². The van der Waals surface area contributed by atoms with E-state index in [2.05, 4.69) is 25.1 Å². The molecule has 0 saturated carbocycles. The molecule has 5 rings (SSSR count). The summed E-state index contributed by atoms with van der Waals surface area (Å²) >= 11 is 6.00. The molecule has 13 heteroatoms. The van der Waals surface area contributed by atoms with Crippen molar-refractivity contribution in [3.05, 3.63) is 17.2 Å². The van der Waals surface area contributed by atoms with E-state index in [0.717, 1.165) is 32.2 Å². The van der Waals surface area contributed by atoms with Crippen LogP contribution in [0.1, 0.15) is 53.4 Å². The number of rotatable bonds is 10. The van der Waals surface area contributed by atoms with Crippen LogP contribution in [0, 0.1) is 5.82 Å². The van der Waals surface area contributed by atoms with E-state index in [1.807, 2.05) is 20.9 Å². The van der Waals surface area contributed by atoms with Crippen molar-refractivity contribution in [2.75, 3.05) is 57.9 Å². The van der Waals surface area contributed by atoms with Gasteiger partial charge in [-0.1, -0.05) is 32.9 Å². The number of pyridine rings is 1. The molecule has 3 aliphatic rings. The normalized spacial score (nSPS) is 25.9. The molecule has 5 heterocycles. The predicted octanol–water partition coefficient (Wildman–Crippen LogP) is 3.08. The number of hydrogen-bond acceptors (Lipinski definition) is 10. The zero-order chi connectivity index (χ0) is 28.2. The fourth-order valence-electron chi connectivity index (χ4n) is 5.81. The summed E-state index contributed by atoms with van der Waals surface area (Å²) in [6, 6.07) is 0.249. The van der Waals surface area contributed by atoms with Crippen molar-refractivity contribution < 1.29 is 23.8 Å². The number of aliphatic carboxylic acids is 1. The fraction of sp³-hybridized carbons (Fsp3) is 0.704. The number of likely N-dealkylation sites (tertiary alicyclic amines) is 1. The number of anilines is 1. The molecule has 2 aromatic heterocycles. The Morgan fingerprint density at radius 2 is 2.10 bits per heavy atom. The van der Waals surface area contributed by atoms with Crippen molar-refractivity contribution in [1.82, 2.24) is 25.2 Å². The van der Waals surface area contributed by atoms with E-state index in [1.54, 1.807) is 0 Å². The monoisotopic (exact) mass is 583 g/mol. The third kappa shape index (κ3) is 6.57. The average molecular weight is 584 g/mol. The Morgan fingerprint density at radius 1 is 1.32 bits per heavy atom. The molecule has 3 aliphatic heterocycles. The zero-order valence-electron chi connectivity index (χ0n) is 22.9. The number of halogens is 2. The van der Waals surface area contributed by atoms with Crippen LogP contribution in [0.5, 0.6) is 6.01 Å². The number of carboxylic acids is 1. The van der Waals surface area contributed by atoms with Crippen LogP contribution in [0.4, 0.5) is 10.2 Å². The summed E-state index contributed by atoms with van der Waals surface area (Å²) in [5, 5.41) is 12.7. The third-order valence-electron chi connectivity index (χ3n) is 7.95. The fourth-order valence-corrected chi connectivity index (χ4v) is 5.95. The Kier molecular flexibility index (Phi) is 10.9. The molecule has 0 aromatic carbocycles. The van der Waals surface area contributed by atoms with Gasteiger partial charge in [-0.25, -0.2) is 9.37 Å². The minimum atomic E-state index is -0.895. The Labute approximate surface area is 240 Å². The molecule has 3 saturated heterocycles. The highest BCUT2D eigenvalue weighted by molar-refractivity contribution is 6.30. The summed E-state index contributed by atoms with van der Waals surface area (Å²) in [5.74, 6) is -1.09. The van der Waals surface area contributed by atoms with Crippen molar-refractivity contribution in [2.45, 2.75) is 70.5 Å². The first-order valence-electron chi connectivity index (χ1n) is 13.6. The number of hydrogen-bond donors (Lipinski definition) is 3. The molecule has 4 N–H and O–H groups in total. The van der Waals surface area contributed by atoms with Crippen molar-refractivity contribution in [1.29, 1.82) is 0 Å². The molecule has 11 nitrogen and oxygen atoms in total. The molecule has 0 radical (unpaired) electrons. The lowest BCUT2D eigenvalue weighted by Gasteiger charge is -2.42. The molecular formula is C27H43ClFN7O4. The van der Waals surface area contributed by atoms with Crippen LogP contribution in [0.25, 0.3) is 10.9 Å². The first-order valence-corrected chi connectivity index (χ1v) is 14.0. The number of nitrogens with one attached hydrogen (secondary N) is 1. The molecule has 224 valence electrons. The number of carbonyl (C=O) groups is 1. The maximum Gasteiger partial charge on any atom is 0.319 e. The summed E-state index contributed by atoms with van der Waals surface area (Å²) in [4.78, 5) is 28.3. The Bertz CT molecular complexity index is 1180. The van der Waals surface area contributed by atoms with Gasteiger partial charge in [0.1, 0.15) is 17.9 Å². The van der Waals surface area contributed by atoms with Crippen LogP contribution in [0.3, 0.4) is 0 Å². The van der Waals surface area contributed by atoms with Gasteiger partial charge < -0.3 is 30.5 Å². The largest absolute Gasteiger partial charge is 0.481 e. The summed E-state index contributed by atoms with van der Waals surface area (Å²) < 4.78 is 26.9. The van der Waals surface area contributed by atoms with Crippen LogP contribution >= 0.6 is 11.6 Å². The summed E-state index contributed by atoms with van der Waals surface area (Å²) in [7, 11) is 2.02. The average Bonchev–Trinajstić information content (AvgIpc) is 3.46. The van der Waals surface area contributed by atoms with Gasteiger partial charge in [-0.05, 0) is 39.3 Å². The van der Waals surface area contributed by atoms with Crippen LogP contribution in [-0.2, 0) is 9.53 Å². The van der Waals surface area contributed by atoms with Gasteiger partial charge in [0.25, 0.3) is 0 Å². The lowest BCUT2D eigenvalue weighted by molar-refractivity contribution is -0.138. The van der Waals surface area contributed by atoms with Gasteiger partial charge in [0, 0.05) is 31.9 Å². The van der Waals surface area contributed by atoms with Crippen LogP contribution in [0.15, 0.2) is 6.20 Å². The van der Waals surface area contributed by atoms with Crippen LogP contribution in [-0.4, -0.2) is 101 Å². The second-order valence-electron chi connectivity index (χ2n) is 10.4. The van der Waals surface area contributed by atoms with Gasteiger partial charge in [0.2, 0.25) is 0 Å². The molecule has 40 heavy (non-hydrogen) atoms. The van der Waals surface area contributed by atoms with Crippen molar-refractivity contribution in [3.8, 4) is 6.01 Å². The SMILES string of the molecule is C.CC.CN1CCCC1(CN)COc1nc(N2CC3CCC(COCCC(=O)O)(C2)N3)c2cnc(Cl)c(F)c2n1. The lowest BCUT2D eigenvalue weighted by atomic mass is 9.98. The van der Waals surface area contributed by atoms with Gasteiger partial charge in [-0.15, -0.1) is 0 Å². The summed E-state index contributed by atoms with van der Waals surface area (Å²) in [6.45, 7) is 7.35. The number of likely N-dealkylation sites (N-methyl/N-ethyl adjacent to an activating group) is 1. The van der Waals surface area contributed by atoms with Gasteiger partial charge in [0.05, 0.1) is 36.1 Å². The second-order valence-corrected chi connectivity index (χ2v) is 10.8. The van der Waals surface area contributed by atoms with E-state index in [0.29, 0.717) is 37.4 Å². The number of carboxylic acid groups (broad SMARTS) is 1. The standard InChI is InChI=1S/C24H33ClFN7O4.C2H6.CH4/c1-32-7-2-5-24(32,11-27)14-37-22-29-19-16(9-28-20(25)18(19)26)21(30-22)33-10-15-3-6-23(12-33,31-15)13-36-8-4-17(34)35;1-2;/h9,15,31H,2-8,10-14,27H2,1H3,(H,34,35);1-2H3;1H4. The minimum absolute atomic E-state index is 0. The highest BCUT2D eigenvalue weighted by Crippen LogP contribution is 2.37. The first-order chi connectivity index (χ1) is 18.7. The number of aromatic nitrogens is 3. The van der Waals surface area contributed by atoms with Crippen molar-refractivity contribution >= 4 is 34.3 Å². The van der Waals surface area contributed by atoms with Gasteiger partial charge >= 0.3 is 12.0 Å². The third-order valence-corrected chi connectivity index (χ3v) is 8.21. The van der Waals surface area contributed by atoms with Gasteiger partial charge in [0.15, 0.2) is 11.0 Å². The molecule has 0 spiro atoms. The van der Waals surface area contributed by atoms with E-state index in [1.165, 1.54) is 6.20 Å². The van der Waals surface area contributed by atoms with E-state index in [4.69, 9.17) is 36.9 Å². The first kappa shape index (κ1) is 32.1. The molecule has 0 aliphatic carbocycles. The second kappa shape index (κ2) is 13.5. The number of nitrogens with zero attached hydrogens (tertiary/aromatic N) is 5. The topological polar surface area (TPSA) is 139 Å². The number of piperazine rings is 1. The van der Waals surface area contributed by atoms with E-state index in [9.17, 15) is 4.79 Å². The molecule has 0 amide bonds. The molecule has 2 aromatic rings. The highest BCUT2D eigenvalue weighted by atomic mass is 35.5. The van der Waals surface area contributed by atoms with Crippen molar-refractivity contribution in [2.24, 2.45) is 5.73 Å². The Balaban J connectivity index is 0.00000144. The Morgan fingerprint density at radius 3 is 2.77 bits per heavy atom. The van der Waals surface area contributed by atoms with E-state index < -0.39 is 11.8 Å². The summed E-state index contributed by atoms with van der Waals surface area (Å²) in [6.07, 6.45) is 5.17. The van der Waals surface area contributed by atoms with Gasteiger partial charge in [-0.2, -0.15) is 9.97 Å². The number of nitrogens with two attached hydrogens (primary N) is 1. The number of ether oxygens (including phenoxy) is 2. The van der Waals surface area contributed by atoms with Gasteiger partial charge in [-0.3, -0.25) is 9.69 Å². The lowest BCUT2D eigenvalue weighted by Crippen LogP contribution is -2.62. The zero-order valence-corrected chi connectivity index (χ0v) is 23.6. The quantitative estimate of drug-likeness (QED) is 0.281. The molecular weight excluding hydrogens is 541 g/mol. The van der Waals surface area contributed by atoms with E-state index in [-0.39, 0.29) is 60.9 Å². The Hall–Kier alpha value is -2.38. The van der Waals surface area contributed by atoms with Crippen LogP contribution < -0.4 is 20.7 Å². The highest BCUT2D eigenvalue weighted by Gasteiger charge is 2.46. The van der Waals surface area contributed by atoms with E-state index >= 15 is 4.39 Å². The predicted molar refractivity (Wildman–Crippen MR) is 154 cm³/mol. The maximum atomic E-state index is 15.1. The smallest absolute Gasteiger partial charge is 0.319 e. The van der Waals surface area contributed by atoms with Crippen molar-refractivity contribution in [3.63, 3.8) is 0 Å². The summed E-state index contributed by atoms with van der Waals surface area (Å²) in [5.41, 5.74) is 5.48. The number of fused-ring (bicyclic) bond motifs is 3.